The van der Waals surface area contributed by atoms with Gasteiger partial charge in [0.15, 0.2) is 6.29 Å². The number of hydrogen-bond donors (Lipinski definition) is 6. The Morgan fingerprint density at radius 2 is 1.67 bits per heavy atom. The second-order valence-electron chi connectivity index (χ2n) is 2.50. The van der Waals surface area contributed by atoms with E-state index in [0.29, 0.717) is 0 Å². The molecule has 8 heteroatoms. The van der Waals surface area contributed by atoms with Crippen LogP contribution < -0.4 is 5.16 Å². The number of aldehydes is 1. The Labute approximate surface area is 85.7 Å². The van der Waals surface area contributed by atoms with Crippen LogP contribution in [-0.2, 0) is 4.79 Å². The second kappa shape index (κ2) is 9.49. The average molecular weight is 225 g/mol. The number of aliphatic hydroxyl groups is 5. The van der Waals surface area contributed by atoms with Gasteiger partial charge in [0.25, 0.3) is 0 Å². The summed E-state index contributed by atoms with van der Waals surface area (Å²) in [5, 5.41) is 53.4. The number of carbonyl (C=O) groups is 1. The summed E-state index contributed by atoms with van der Waals surface area (Å²) in [7, 11) is 0. The van der Waals surface area contributed by atoms with Gasteiger partial charge in [-0.1, -0.05) is 0 Å². The average Bonchev–Trinajstić information content (AvgIpc) is 2.25. The molecule has 0 radical (unpaired) electrons. The Morgan fingerprint density at radius 1 is 1.27 bits per heavy atom. The lowest BCUT2D eigenvalue weighted by Crippen LogP contribution is -2.56. The normalized spacial score (nSPS) is 17.7. The van der Waals surface area contributed by atoms with Crippen molar-refractivity contribution in [1.29, 1.82) is 0 Å². The zero-order chi connectivity index (χ0) is 12.4. The van der Waals surface area contributed by atoms with Gasteiger partial charge >= 0.3 is 0 Å². The maximum absolute atomic E-state index is 9.90. The molecule has 90 valence electrons. The van der Waals surface area contributed by atoms with Crippen molar-refractivity contribution in [2.45, 2.75) is 24.4 Å². The molecule has 0 rings (SSSR count). The van der Waals surface area contributed by atoms with E-state index < -0.39 is 31.0 Å². The Kier molecular flexibility index (Phi) is 10.4. The minimum Gasteiger partial charge on any atom is -0.626 e. The summed E-state index contributed by atoms with van der Waals surface area (Å²) in [6, 6.07) is 0. The highest BCUT2D eigenvalue weighted by Gasteiger charge is 2.29. The van der Waals surface area contributed by atoms with Crippen molar-refractivity contribution in [2.75, 3.05) is 6.61 Å². The first-order chi connectivity index (χ1) is 6.95. The van der Waals surface area contributed by atoms with Crippen LogP contribution in [0.15, 0.2) is 0 Å². The van der Waals surface area contributed by atoms with Crippen LogP contribution >= 0.6 is 0 Å². The summed E-state index contributed by atoms with van der Waals surface area (Å²) >= 11 is 0. The lowest BCUT2D eigenvalue weighted by Gasteiger charge is -2.22. The largest absolute Gasteiger partial charge is 0.626 e. The molecule has 0 unspecified atom stereocenters. The van der Waals surface area contributed by atoms with Crippen LogP contribution in [-0.4, -0.2) is 69.6 Å². The van der Waals surface area contributed by atoms with Crippen LogP contribution in [0.5, 0.6) is 0 Å². The van der Waals surface area contributed by atoms with Gasteiger partial charge in [0.1, 0.15) is 31.1 Å². The molecule has 0 aromatic heterocycles. The molecule has 0 amide bonds. The molecule has 0 fully saturated rings. The van der Waals surface area contributed by atoms with Crippen molar-refractivity contribution in [2.24, 2.45) is 0 Å². The Hall–Kier alpha value is -1.06. The van der Waals surface area contributed by atoms with Crippen molar-refractivity contribution in [3.63, 3.8) is 0 Å². The van der Waals surface area contributed by atoms with Crippen molar-refractivity contribution in [3.05, 3.63) is 5.21 Å². The molecule has 0 saturated heterocycles. The summed E-state index contributed by atoms with van der Waals surface area (Å²) < 4.78 is 0. The molecule has 4 atom stereocenters. The van der Waals surface area contributed by atoms with E-state index in [9.17, 15) is 4.79 Å². The highest BCUT2D eigenvalue weighted by Crippen LogP contribution is 2.02. The number of carbonyl (C=O) groups excluding carboxylic acids is 1. The molecule has 0 aliphatic heterocycles. The van der Waals surface area contributed by atoms with E-state index in [1.54, 1.807) is 0 Å². The van der Waals surface area contributed by atoms with E-state index in [4.69, 9.17) is 30.7 Å². The van der Waals surface area contributed by atoms with Crippen molar-refractivity contribution in [1.82, 2.24) is 0 Å². The van der Waals surface area contributed by atoms with Gasteiger partial charge in [0, 0.05) is 0 Å². The summed E-state index contributed by atoms with van der Waals surface area (Å²) in [5.41, 5.74) is 0. The van der Waals surface area contributed by atoms with Gasteiger partial charge in [0.2, 0.25) is 0 Å². The van der Waals surface area contributed by atoms with Gasteiger partial charge in [-0.25, -0.2) is 5.16 Å². The molecule has 0 aliphatic rings. The lowest BCUT2D eigenvalue weighted by atomic mass is 10.0. The first-order valence-electron chi connectivity index (χ1n) is 3.88. The quantitative estimate of drug-likeness (QED) is 0.118. The molecule has 0 heterocycles. The van der Waals surface area contributed by atoms with E-state index in [2.05, 4.69) is 6.72 Å². The minimum atomic E-state index is -1.79. The third kappa shape index (κ3) is 6.94. The predicted octanol–water partition coefficient (Wildman–Crippen LogP) is -5.11. The number of aliphatic hydroxyl groups excluding tert-OH is 5. The molecule has 8 nitrogen and oxygen atoms in total. The summed E-state index contributed by atoms with van der Waals surface area (Å²) in [4.78, 5) is 9.90. The van der Waals surface area contributed by atoms with Gasteiger partial charge < -0.3 is 35.5 Å². The van der Waals surface area contributed by atoms with Crippen molar-refractivity contribution in [3.8, 4) is 0 Å². The van der Waals surface area contributed by atoms with E-state index in [0.717, 1.165) is 0 Å². The molecule has 0 bridgehead atoms. The maximum atomic E-state index is 9.90. The highest BCUT2D eigenvalue weighted by molar-refractivity contribution is 5.56. The molecule has 0 saturated carbocycles. The van der Waals surface area contributed by atoms with Gasteiger partial charge in [0.05, 0.1) is 6.61 Å². The second-order valence-corrected chi connectivity index (χ2v) is 2.50. The Balaban J connectivity index is 0. The summed E-state index contributed by atoms with van der Waals surface area (Å²) in [6.45, 7) is 1.92. The Morgan fingerprint density at radius 3 is 1.93 bits per heavy atom. The van der Waals surface area contributed by atoms with E-state index in [1.165, 1.54) is 5.16 Å². The Bertz CT molecular complexity index is 177. The van der Waals surface area contributed by atoms with Crippen LogP contribution in [0, 0.1) is 5.21 Å². The molecule has 0 aliphatic carbocycles. The summed E-state index contributed by atoms with van der Waals surface area (Å²) in [5.74, 6) is 0. The van der Waals surface area contributed by atoms with Crippen LogP contribution in [0.25, 0.3) is 0 Å². The maximum Gasteiger partial charge on any atom is 0.151 e. The first-order valence-corrected chi connectivity index (χ1v) is 3.88. The van der Waals surface area contributed by atoms with Crippen LogP contribution in [0.3, 0.4) is 0 Å². The molecular weight excluding hydrogens is 210 g/mol. The van der Waals surface area contributed by atoms with Crippen LogP contribution in [0.4, 0.5) is 0 Å². The fraction of sp³-hybridized carbons (Fsp3) is 0.714. The smallest absolute Gasteiger partial charge is 0.151 e. The number of hydrogen-bond acceptors (Lipinski definition) is 7. The number of nitrogens with one attached hydrogen (secondary N) is 1. The lowest BCUT2D eigenvalue weighted by molar-refractivity contribution is -0.361. The first kappa shape index (κ1) is 16.4. The van der Waals surface area contributed by atoms with E-state index in [1.807, 2.05) is 0 Å². The molecule has 6 N–H and O–H groups in total. The summed E-state index contributed by atoms with van der Waals surface area (Å²) in [6.07, 6.45) is -6.84. The topological polar surface area (TPSA) is 155 Å². The molecular formula is C7H15NO7. The fourth-order valence-corrected chi connectivity index (χ4v) is 0.618. The molecule has 0 aromatic carbocycles. The van der Waals surface area contributed by atoms with Crippen LogP contribution in [0.1, 0.15) is 0 Å². The molecule has 0 aromatic rings. The zero-order valence-electron chi connectivity index (χ0n) is 7.85. The van der Waals surface area contributed by atoms with E-state index in [-0.39, 0.29) is 6.29 Å². The van der Waals surface area contributed by atoms with Gasteiger partial charge in [-0.2, -0.15) is 0 Å². The van der Waals surface area contributed by atoms with Gasteiger partial charge in [-0.15, -0.1) is 0 Å². The SMILES string of the molecule is C=[NH+][O-].O=C[C@@H](O)[C@@H](O)[C@H](O)[C@H](O)CO. The number of rotatable bonds is 5. The van der Waals surface area contributed by atoms with Crippen molar-refractivity contribution >= 4 is 13.0 Å². The third-order valence-corrected chi connectivity index (χ3v) is 1.42. The molecule has 15 heavy (non-hydrogen) atoms. The monoisotopic (exact) mass is 225 g/mol. The van der Waals surface area contributed by atoms with Crippen LogP contribution in [0.2, 0.25) is 0 Å². The third-order valence-electron chi connectivity index (χ3n) is 1.42. The van der Waals surface area contributed by atoms with Gasteiger partial charge in [-0.3, -0.25) is 0 Å². The molecule has 0 spiro atoms. The standard InChI is InChI=1S/C6H12O6.CH3NO/c7-1-3(9)5(11)6(12)4(10)2-8;1-2-3/h1,3-6,8-12H,2H2;2H,1H2/t3-,4-,5-,6-;/m1./s1. The highest BCUT2D eigenvalue weighted by atomic mass is 16.4. The predicted molar refractivity (Wildman–Crippen MR) is 48.6 cm³/mol. The zero-order valence-corrected chi connectivity index (χ0v) is 7.85. The van der Waals surface area contributed by atoms with Crippen molar-refractivity contribution < 1.29 is 35.5 Å². The fourth-order valence-electron chi connectivity index (χ4n) is 0.618. The minimum absolute atomic E-state index is 0.0258. The van der Waals surface area contributed by atoms with Gasteiger partial charge in [-0.05, 0) is 0 Å². The van der Waals surface area contributed by atoms with E-state index >= 15 is 0 Å².